The highest BCUT2D eigenvalue weighted by atomic mass is 35.5. The first-order chi connectivity index (χ1) is 10.3. The van der Waals surface area contributed by atoms with Gasteiger partial charge in [-0.2, -0.15) is 0 Å². The van der Waals surface area contributed by atoms with Gasteiger partial charge in [-0.3, -0.25) is 0 Å². The highest BCUT2D eigenvalue weighted by Gasteiger charge is 2.15. The van der Waals surface area contributed by atoms with Crippen LogP contribution in [-0.2, 0) is 6.42 Å². The van der Waals surface area contributed by atoms with Crippen molar-refractivity contribution in [1.29, 1.82) is 0 Å². The third-order valence-corrected chi connectivity index (χ3v) is 4.05. The molecule has 0 atom stereocenters. The summed E-state index contributed by atoms with van der Waals surface area (Å²) >= 11 is 6.07. The Labute approximate surface area is 128 Å². The van der Waals surface area contributed by atoms with E-state index in [0.717, 1.165) is 23.5 Å². The van der Waals surface area contributed by atoms with Gasteiger partial charge in [-0.05, 0) is 41.0 Å². The maximum Gasteiger partial charge on any atom is 0.132 e. The van der Waals surface area contributed by atoms with Gasteiger partial charge in [0, 0.05) is 10.6 Å². The quantitative estimate of drug-likeness (QED) is 0.578. The van der Waals surface area contributed by atoms with E-state index in [9.17, 15) is 0 Å². The van der Waals surface area contributed by atoms with Crippen molar-refractivity contribution in [2.75, 3.05) is 0 Å². The van der Waals surface area contributed by atoms with Crippen molar-refractivity contribution < 1.29 is 4.74 Å². The second-order valence-corrected chi connectivity index (χ2v) is 5.59. The van der Waals surface area contributed by atoms with Gasteiger partial charge in [0.15, 0.2) is 0 Å². The molecule has 102 valence electrons. The van der Waals surface area contributed by atoms with Gasteiger partial charge in [0.25, 0.3) is 0 Å². The van der Waals surface area contributed by atoms with Gasteiger partial charge in [-0.15, -0.1) is 0 Å². The van der Waals surface area contributed by atoms with E-state index < -0.39 is 0 Å². The van der Waals surface area contributed by atoms with Crippen molar-refractivity contribution in [3.63, 3.8) is 0 Å². The average Bonchev–Trinajstić information content (AvgIpc) is 2.53. The van der Waals surface area contributed by atoms with E-state index in [1.807, 2.05) is 18.2 Å². The zero-order chi connectivity index (χ0) is 14.2. The van der Waals surface area contributed by atoms with Gasteiger partial charge in [0.1, 0.15) is 11.5 Å². The Bertz CT molecular complexity index is 859. The average molecular weight is 293 g/mol. The largest absolute Gasteiger partial charge is 0.457 e. The number of hydrogen-bond donors (Lipinski definition) is 0. The molecule has 1 nitrogen and oxygen atoms in total. The number of allylic oxidation sites excluding steroid dienone is 1. The smallest absolute Gasteiger partial charge is 0.132 e. The number of halogens is 1. The second kappa shape index (κ2) is 4.94. The molecular weight excluding hydrogens is 280 g/mol. The normalized spacial score (nSPS) is 13.5. The SMILES string of the molecule is Clc1ccc2c(c1)OC(c1cccc3ccccc13)=CC2. The molecule has 0 unspecified atom stereocenters. The number of benzene rings is 3. The van der Waals surface area contributed by atoms with E-state index in [4.69, 9.17) is 16.3 Å². The number of ether oxygens (including phenoxy) is 1. The molecule has 0 aromatic heterocycles. The highest BCUT2D eigenvalue weighted by molar-refractivity contribution is 6.30. The molecule has 0 spiro atoms. The summed E-state index contributed by atoms with van der Waals surface area (Å²) in [5.74, 6) is 1.76. The molecule has 0 radical (unpaired) electrons. The molecule has 0 saturated carbocycles. The third-order valence-electron chi connectivity index (χ3n) is 3.81. The lowest BCUT2D eigenvalue weighted by atomic mass is 10.00. The Morgan fingerprint density at radius 1 is 0.905 bits per heavy atom. The minimum Gasteiger partial charge on any atom is -0.457 e. The number of hydrogen-bond acceptors (Lipinski definition) is 1. The summed E-state index contributed by atoms with van der Waals surface area (Å²) in [5, 5.41) is 3.13. The van der Waals surface area contributed by atoms with Crippen LogP contribution in [-0.4, -0.2) is 0 Å². The first kappa shape index (κ1) is 12.5. The topological polar surface area (TPSA) is 9.23 Å². The maximum atomic E-state index is 6.08. The Morgan fingerprint density at radius 2 is 1.76 bits per heavy atom. The van der Waals surface area contributed by atoms with E-state index in [1.54, 1.807) is 0 Å². The third kappa shape index (κ3) is 2.20. The van der Waals surface area contributed by atoms with E-state index >= 15 is 0 Å². The lowest BCUT2D eigenvalue weighted by molar-refractivity contribution is 0.499. The molecule has 0 bridgehead atoms. The number of fused-ring (bicyclic) bond motifs is 2. The fraction of sp³-hybridized carbons (Fsp3) is 0.0526. The zero-order valence-corrected chi connectivity index (χ0v) is 12.1. The van der Waals surface area contributed by atoms with E-state index in [1.165, 1.54) is 16.3 Å². The van der Waals surface area contributed by atoms with Crippen LogP contribution in [0.3, 0.4) is 0 Å². The molecule has 3 aromatic rings. The molecule has 1 aliphatic heterocycles. The summed E-state index contributed by atoms with van der Waals surface area (Å²) in [6.45, 7) is 0. The molecule has 0 N–H and O–H groups in total. The van der Waals surface area contributed by atoms with Crippen LogP contribution in [0.5, 0.6) is 5.75 Å². The summed E-state index contributed by atoms with van der Waals surface area (Å²) in [6, 6.07) is 20.4. The minimum absolute atomic E-state index is 0.702. The maximum absolute atomic E-state index is 6.08. The predicted molar refractivity (Wildman–Crippen MR) is 87.7 cm³/mol. The molecule has 0 fully saturated rings. The van der Waals surface area contributed by atoms with Gasteiger partial charge >= 0.3 is 0 Å². The van der Waals surface area contributed by atoms with Crippen LogP contribution in [0.15, 0.2) is 66.7 Å². The van der Waals surface area contributed by atoms with Gasteiger partial charge in [0.05, 0.1) is 0 Å². The Morgan fingerprint density at radius 3 is 2.71 bits per heavy atom. The van der Waals surface area contributed by atoms with Crippen molar-refractivity contribution in [1.82, 2.24) is 0 Å². The summed E-state index contributed by atoms with van der Waals surface area (Å²) in [7, 11) is 0. The fourth-order valence-electron chi connectivity index (χ4n) is 2.76. The first-order valence-electron chi connectivity index (χ1n) is 6.96. The molecule has 2 heteroatoms. The van der Waals surface area contributed by atoms with Crippen molar-refractivity contribution in [3.05, 3.63) is 82.9 Å². The van der Waals surface area contributed by atoms with Crippen molar-refractivity contribution >= 4 is 28.1 Å². The molecule has 0 amide bonds. The van der Waals surface area contributed by atoms with E-state index in [2.05, 4.69) is 48.5 Å². The van der Waals surface area contributed by atoms with E-state index in [-0.39, 0.29) is 0 Å². The first-order valence-corrected chi connectivity index (χ1v) is 7.34. The zero-order valence-electron chi connectivity index (χ0n) is 11.3. The molecule has 3 aromatic carbocycles. The fourth-order valence-corrected chi connectivity index (χ4v) is 2.92. The molecule has 1 aliphatic rings. The molecule has 1 heterocycles. The Hall–Kier alpha value is -2.25. The summed E-state index contributed by atoms with van der Waals surface area (Å²) in [5.41, 5.74) is 2.29. The minimum atomic E-state index is 0.702. The Balaban J connectivity index is 1.82. The standard InChI is InChI=1S/C19H13ClO/c20-15-10-8-14-9-11-18(21-19(14)12-15)17-7-3-5-13-4-1-2-6-16(13)17/h1-8,10-12H,9H2. The van der Waals surface area contributed by atoms with Gasteiger partial charge in [-0.25, -0.2) is 0 Å². The Kier molecular flexibility index (Phi) is 2.94. The van der Waals surface area contributed by atoms with Crippen LogP contribution in [0.4, 0.5) is 0 Å². The van der Waals surface area contributed by atoms with Crippen LogP contribution >= 0.6 is 11.6 Å². The summed E-state index contributed by atoms with van der Waals surface area (Å²) in [6.07, 6.45) is 3.00. The van der Waals surface area contributed by atoms with Gasteiger partial charge in [-0.1, -0.05) is 60.1 Å². The van der Waals surface area contributed by atoms with Crippen molar-refractivity contribution in [2.45, 2.75) is 6.42 Å². The molecule has 0 saturated heterocycles. The lowest BCUT2D eigenvalue weighted by Crippen LogP contribution is -2.04. The summed E-state index contributed by atoms with van der Waals surface area (Å²) < 4.78 is 6.08. The summed E-state index contributed by atoms with van der Waals surface area (Å²) in [4.78, 5) is 0. The second-order valence-electron chi connectivity index (χ2n) is 5.15. The monoisotopic (exact) mass is 292 g/mol. The molecular formula is C19H13ClO. The molecule has 4 rings (SSSR count). The van der Waals surface area contributed by atoms with Crippen LogP contribution in [0.1, 0.15) is 11.1 Å². The van der Waals surface area contributed by atoms with Gasteiger partial charge in [0.2, 0.25) is 0 Å². The van der Waals surface area contributed by atoms with Crippen molar-refractivity contribution in [2.24, 2.45) is 0 Å². The van der Waals surface area contributed by atoms with E-state index in [0.29, 0.717) is 5.02 Å². The van der Waals surface area contributed by atoms with Gasteiger partial charge < -0.3 is 4.74 Å². The predicted octanol–water partition coefficient (Wildman–Crippen LogP) is 5.47. The van der Waals surface area contributed by atoms with Crippen LogP contribution in [0, 0.1) is 0 Å². The van der Waals surface area contributed by atoms with Crippen LogP contribution in [0.25, 0.3) is 16.5 Å². The molecule has 0 aliphatic carbocycles. The van der Waals surface area contributed by atoms with Crippen LogP contribution < -0.4 is 4.74 Å². The highest BCUT2D eigenvalue weighted by Crippen LogP contribution is 2.34. The molecule has 21 heavy (non-hydrogen) atoms. The van der Waals surface area contributed by atoms with Crippen molar-refractivity contribution in [3.8, 4) is 5.75 Å². The number of rotatable bonds is 1. The van der Waals surface area contributed by atoms with Crippen LogP contribution in [0.2, 0.25) is 5.02 Å². The lowest BCUT2D eigenvalue weighted by Gasteiger charge is -2.19.